The topological polar surface area (TPSA) is 54.5 Å². The van der Waals surface area contributed by atoms with E-state index in [1.165, 1.54) is 22.8 Å². The molecule has 0 aromatic carbocycles. The summed E-state index contributed by atoms with van der Waals surface area (Å²) in [5.74, 6) is 2.11. The second-order valence-corrected chi connectivity index (χ2v) is 6.22. The van der Waals surface area contributed by atoms with Crippen LogP contribution >= 0.6 is 23.1 Å². The van der Waals surface area contributed by atoms with Crippen LogP contribution in [0.3, 0.4) is 0 Å². The Kier molecular flexibility index (Phi) is 5.93. The third-order valence-corrected chi connectivity index (χ3v) is 4.54. The van der Waals surface area contributed by atoms with Crippen LogP contribution in [-0.4, -0.2) is 60.1 Å². The second kappa shape index (κ2) is 7.72. The van der Waals surface area contributed by atoms with E-state index in [2.05, 4.69) is 15.2 Å². The monoisotopic (exact) mass is 301 g/mol. The Morgan fingerprint density at radius 3 is 3.05 bits per heavy atom. The van der Waals surface area contributed by atoms with Crippen LogP contribution in [0.1, 0.15) is 17.4 Å². The van der Waals surface area contributed by atoms with Gasteiger partial charge in [-0.3, -0.25) is 4.90 Å². The Morgan fingerprint density at radius 1 is 1.53 bits per heavy atom. The van der Waals surface area contributed by atoms with E-state index < -0.39 is 0 Å². The molecule has 1 aliphatic rings. The first kappa shape index (κ1) is 14.6. The van der Waals surface area contributed by atoms with E-state index in [4.69, 9.17) is 4.74 Å². The van der Waals surface area contributed by atoms with Gasteiger partial charge in [-0.1, -0.05) is 0 Å². The lowest BCUT2D eigenvalue weighted by molar-refractivity contribution is 0.0520. The highest BCUT2D eigenvalue weighted by atomic mass is 32.2. The SMILES string of the molecule is CCOC(=O)c1csc(NCCN2CCSCC2)n1. The third kappa shape index (κ3) is 4.67. The van der Waals surface area contributed by atoms with Gasteiger partial charge in [-0.25, -0.2) is 9.78 Å². The Bertz CT molecular complexity index is 405. The van der Waals surface area contributed by atoms with Crippen LogP contribution in [0.4, 0.5) is 5.13 Å². The average molecular weight is 301 g/mol. The van der Waals surface area contributed by atoms with Crippen molar-refractivity contribution in [2.75, 3.05) is 49.6 Å². The number of anilines is 1. The van der Waals surface area contributed by atoms with E-state index in [9.17, 15) is 4.79 Å². The normalized spacial score (nSPS) is 16.3. The van der Waals surface area contributed by atoms with Crippen molar-refractivity contribution in [3.63, 3.8) is 0 Å². The molecule has 106 valence electrons. The zero-order valence-electron chi connectivity index (χ0n) is 11.1. The summed E-state index contributed by atoms with van der Waals surface area (Å²) in [6, 6.07) is 0. The van der Waals surface area contributed by atoms with Gasteiger partial charge in [0, 0.05) is 43.1 Å². The minimum Gasteiger partial charge on any atom is -0.461 e. The zero-order chi connectivity index (χ0) is 13.5. The number of thioether (sulfide) groups is 1. The zero-order valence-corrected chi connectivity index (χ0v) is 12.7. The maximum absolute atomic E-state index is 11.5. The number of esters is 1. The molecule has 0 atom stereocenters. The summed E-state index contributed by atoms with van der Waals surface area (Å²) in [5, 5.41) is 5.78. The fourth-order valence-corrected chi connectivity index (χ4v) is 3.49. The lowest BCUT2D eigenvalue weighted by atomic mass is 10.4. The molecule has 7 heteroatoms. The molecule has 1 fully saturated rings. The lowest BCUT2D eigenvalue weighted by Gasteiger charge is -2.25. The maximum Gasteiger partial charge on any atom is 0.357 e. The number of hydrogen-bond acceptors (Lipinski definition) is 7. The molecule has 1 N–H and O–H groups in total. The van der Waals surface area contributed by atoms with Crippen LogP contribution in [0, 0.1) is 0 Å². The van der Waals surface area contributed by atoms with Gasteiger partial charge >= 0.3 is 5.97 Å². The van der Waals surface area contributed by atoms with E-state index in [1.807, 2.05) is 11.8 Å². The highest BCUT2D eigenvalue weighted by molar-refractivity contribution is 7.99. The first-order chi connectivity index (χ1) is 9.29. The van der Waals surface area contributed by atoms with E-state index in [0.717, 1.165) is 31.3 Å². The number of ether oxygens (including phenoxy) is 1. The molecule has 0 spiro atoms. The highest BCUT2D eigenvalue weighted by Gasteiger charge is 2.12. The van der Waals surface area contributed by atoms with Gasteiger partial charge in [0.2, 0.25) is 0 Å². The smallest absolute Gasteiger partial charge is 0.357 e. The molecule has 0 aliphatic carbocycles. The molecule has 5 nitrogen and oxygen atoms in total. The predicted molar refractivity (Wildman–Crippen MR) is 80.3 cm³/mol. The number of nitrogens with one attached hydrogen (secondary N) is 1. The van der Waals surface area contributed by atoms with Crippen molar-refractivity contribution < 1.29 is 9.53 Å². The number of rotatable bonds is 6. The van der Waals surface area contributed by atoms with Crippen molar-refractivity contribution in [2.45, 2.75) is 6.92 Å². The van der Waals surface area contributed by atoms with Crippen molar-refractivity contribution in [1.29, 1.82) is 0 Å². The van der Waals surface area contributed by atoms with Crippen LogP contribution in [0.5, 0.6) is 0 Å². The standard InChI is InChI=1S/C12H19N3O2S2/c1-2-17-11(16)10-9-19-12(14-10)13-3-4-15-5-7-18-8-6-15/h9H,2-8H2,1H3,(H,13,14). The van der Waals surface area contributed by atoms with Crippen molar-refractivity contribution in [3.8, 4) is 0 Å². The van der Waals surface area contributed by atoms with Crippen molar-refractivity contribution in [1.82, 2.24) is 9.88 Å². The predicted octanol–water partition coefficient (Wildman–Crippen LogP) is 1.78. The Balaban J connectivity index is 1.72. The van der Waals surface area contributed by atoms with Gasteiger partial charge in [-0.15, -0.1) is 11.3 Å². The molecule has 19 heavy (non-hydrogen) atoms. The molecule has 1 aromatic heterocycles. The van der Waals surface area contributed by atoms with Crippen molar-refractivity contribution >= 4 is 34.2 Å². The number of thiazole rings is 1. The number of aromatic nitrogens is 1. The Morgan fingerprint density at radius 2 is 2.32 bits per heavy atom. The minimum atomic E-state index is -0.347. The molecule has 1 aliphatic heterocycles. The van der Waals surface area contributed by atoms with Crippen LogP contribution in [0.15, 0.2) is 5.38 Å². The van der Waals surface area contributed by atoms with Gasteiger partial charge in [0.05, 0.1) is 6.61 Å². The Labute approximate surface area is 121 Å². The van der Waals surface area contributed by atoms with Gasteiger partial charge in [0.15, 0.2) is 10.8 Å². The van der Waals surface area contributed by atoms with E-state index in [-0.39, 0.29) is 5.97 Å². The minimum absolute atomic E-state index is 0.347. The molecule has 0 saturated carbocycles. The first-order valence-electron chi connectivity index (χ1n) is 6.46. The maximum atomic E-state index is 11.5. The molecule has 0 amide bonds. The summed E-state index contributed by atoms with van der Waals surface area (Å²) in [6.45, 7) is 6.39. The molecule has 2 rings (SSSR count). The molecule has 2 heterocycles. The van der Waals surface area contributed by atoms with Crippen LogP contribution in [-0.2, 0) is 4.74 Å². The van der Waals surface area contributed by atoms with E-state index in [0.29, 0.717) is 12.3 Å². The molecule has 1 aromatic rings. The fraction of sp³-hybridized carbons (Fsp3) is 0.667. The number of hydrogen-bond donors (Lipinski definition) is 1. The quantitative estimate of drug-likeness (QED) is 0.808. The van der Waals surface area contributed by atoms with E-state index >= 15 is 0 Å². The fourth-order valence-electron chi connectivity index (χ4n) is 1.80. The van der Waals surface area contributed by atoms with Gasteiger partial charge in [0.25, 0.3) is 0 Å². The summed E-state index contributed by atoms with van der Waals surface area (Å²) in [7, 11) is 0. The van der Waals surface area contributed by atoms with Crippen LogP contribution in [0.25, 0.3) is 0 Å². The van der Waals surface area contributed by atoms with Gasteiger partial charge in [0.1, 0.15) is 0 Å². The van der Waals surface area contributed by atoms with Gasteiger partial charge < -0.3 is 10.1 Å². The first-order valence-corrected chi connectivity index (χ1v) is 8.49. The number of nitrogens with zero attached hydrogens (tertiary/aromatic N) is 2. The third-order valence-electron chi connectivity index (χ3n) is 2.80. The largest absolute Gasteiger partial charge is 0.461 e. The molecule has 0 unspecified atom stereocenters. The number of carbonyl (C=O) groups is 1. The van der Waals surface area contributed by atoms with Crippen molar-refractivity contribution in [2.24, 2.45) is 0 Å². The van der Waals surface area contributed by atoms with Crippen LogP contribution < -0.4 is 5.32 Å². The van der Waals surface area contributed by atoms with Crippen LogP contribution in [0.2, 0.25) is 0 Å². The summed E-state index contributed by atoms with van der Waals surface area (Å²) < 4.78 is 4.91. The lowest BCUT2D eigenvalue weighted by Crippen LogP contribution is -2.36. The van der Waals surface area contributed by atoms with E-state index in [1.54, 1.807) is 12.3 Å². The summed E-state index contributed by atoms with van der Waals surface area (Å²) in [6.07, 6.45) is 0. The molecule has 0 radical (unpaired) electrons. The summed E-state index contributed by atoms with van der Waals surface area (Å²) in [4.78, 5) is 18.1. The molecule has 1 saturated heterocycles. The van der Waals surface area contributed by atoms with Gasteiger partial charge in [-0.05, 0) is 6.92 Å². The molecular weight excluding hydrogens is 282 g/mol. The summed E-state index contributed by atoms with van der Waals surface area (Å²) >= 11 is 3.46. The number of carbonyl (C=O) groups excluding carboxylic acids is 1. The molecule has 0 bridgehead atoms. The van der Waals surface area contributed by atoms with Gasteiger partial charge in [-0.2, -0.15) is 11.8 Å². The average Bonchev–Trinajstić information content (AvgIpc) is 2.89. The highest BCUT2D eigenvalue weighted by Crippen LogP contribution is 2.16. The second-order valence-electron chi connectivity index (χ2n) is 4.14. The Hall–Kier alpha value is -0.790. The van der Waals surface area contributed by atoms with Crippen molar-refractivity contribution in [3.05, 3.63) is 11.1 Å². The summed E-state index contributed by atoms with van der Waals surface area (Å²) in [5.41, 5.74) is 0.392. The molecular formula is C12H19N3O2S2.